The minimum Gasteiger partial charge on any atom is -0.430 e. The lowest BCUT2D eigenvalue weighted by Crippen LogP contribution is -2.04. The number of hydrogen-bond acceptors (Lipinski definition) is 2. The number of nitriles is 1. The SMILES string of the molecule is N#Cc1cc(F)c(OC(F)F)c(Cl)c1. The van der Waals surface area contributed by atoms with Crippen molar-refractivity contribution in [2.75, 3.05) is 0 Å². The molecule has 0 aliphatic rings. The van der Waals surface area contributed by atoms with E-state index in [1.807, 2.05) is 0 Å². The maximum absolute atomic E-state index is 13.0. The van der Waals surface area contributed by atoms with Crippen molar-refractivity contribution < 1.29 is 17.9 Å². The van der Waals surface area contributed by atoms with E-state index in [1.165, 1.54) is 0 Å². The monoisotopic (exact) mass is 221 g/mol. The van der Waals surface area contributed by atoms with Crippen molar-refractivity contribution in [3.63, 3.8) is 0 Å². The van der Waals surface area contributed by atoms with Crippen molar-refractivity contribution in [3.05, 3.63) is 28.5 Å². The molecule has 1 aromatic rings. The maximum atomic E-state index is 13.0. The molecule has 0 amide bonds. The van der Waals surface area contributed by atoms with E-state index in [1.54, 1.807) is 6.07 Å². The Morgan fingerprint density at radius 1 is 1.43 bits per heavy atom. The molecule has 0 saturated heterocycles. The summed E-state index contributed by atoms with van der Waals surface area (Å²) >= 11 is 5.41. The van der Waals surface area contributed by atoms with Gasteiger partial charge in [-0.3, -0.25) is 0 Å². The highest BCUT2D eigenvalue weighted by Crippen LogP contribution is 2.30. The van der Waals surface area contributed by atoms with Gasteiger partial charge in [-0.05, 0) is 12.1 Å². The van der Waals surface area contributed by atoms with E-state index in [4.69, 9.17) is 16.9 Å². The summed E-state index contributed by atoms with van der Waals surface area (Å²) in [5, 5.41) is 8.04. The smallest absolute Gasteiger partial charge is 0.387 e. The number of benzene rings is 1. The minimum atomic E-state index is -3.16. The summed E-state index contributed by atoms with van der Waals surface area (Å²) in [5.41, 5.74) is -0.0610. The van der Waals surface area contributed by atoms with Crippen LogP contribution < -0.4 is 4.74 Å². The summed E-state index contributed by atoms with van der Waals surface area (Å²) in [6.07, 6.45) is 0. The van der Waals surface area contributed by atoms with Crippen LogP contribution in [0.15, 0.2) is 12.1 Å². The van der Waals surface area contributed by atoms with Crippen molar-refractivity contribution in [1.29, 1.82) is 5.26 Å². The Labute approximate surface area is 82.5 Å². The molecule has 0 atom stereocenters. The molecule has 0 heterocycles. The van der Waals surface area contributed by atoms with E-state index in [-0.39, 0.29) is 10.6 Å². The van der Waals surface area contributed by atoms with Gasteiger partial charge in [0.1, 0.15) is 0 Å². The van der Waals surface area contributed by atoms with Crippen molar-refractivity contribution in [2.24, 2.45) is 0 Å². The third-order valence-electron chi connectivity index (χ3n) is 1.33. The van der Waals surface area contributed by atoms with Gasteiger partial charge in [-0.25, -0.2) is 4.39 Å². The molecule has 0 aromatic heterocycles. The third-order valence-corrected chi connectivity index (χ3v) is 1.62. The molecular formula is C8H3ClF3NO. The number of halogens is 4. The molecule has 0 aliphatic heterocycles. The van der Waals surface area contributed by atoms with E-state index >= 15 is 0 Å². The van der Waals surface area contributed by atoms with E-state index < -0.39 is 18.2 Å². The van der Waals surface area contributed by atoms with Gasteiger partial charge in [0.05, 0.1) is 16.7 Å². The normalized spacial score (nSPS) is 10.0. The summed E-state index contributed by atoms with van der Waals surface area (Å²) in [4.78, 5) is 0. The highest BCUT2D eigenvalue weighted by Gasteiger charge is 2.15. The van der Waals surface area contributed by atoms with Gasteiger partial charge in [0, 0.05) is 0 Å². The fourth-order valence-electron chi connectivity index (χ4n) is 0.826. The molecule has 0 fully saturated rings. The lowest BCUT2D eigenvalue weighted by Gasteiger charge is -2.07. The van der Waals surface area contributed by atoms with Crippen LogP contribution in [0.5, 0.6) is 5.75 Å². The topological polar surface area (TPSA) is 33.0 Å². The molecule has 0 radical (unpaired) electrons. The fraction of sp³-hybridized carbons (Fsp3) is 0.125. The zero-order valence-corrected chi connectivity index (χ0v) is 7.36. The fourth-order valence-corrected chi connectivity index (χ4v) is 1.08. The van der Waals surface area contributed by atoms with E-state index in [2.05, 4.69) is 4.74 Å². The van der Waals surface area contributed by atoms with Gasteiger partial charge < -0.3 is 4.74 Å². The van der Waals surface area contributed by atoms with Crippen LogP contribution in [0.1, 0.15) is 5.56 Å². The lowest BCUT2D eigenvalue weighted by molar-refractivity contribution is -0.0521. The first kappa shape index (κ1) is 10.7. The van der Waals surface area contributed by atoms with Gasteiger partial charge in [-0.1, -0.05) is 11.6 Å². The van der Waals surface area contributed by atoms with Crippen LogP contribution in [0.4, 0.5) is 13.2 Å². The Morgan fingerprint density at radius 3 is 2.50 bits per heavy atom. The predicted molar refractivity (Wildman–Crippen MR) is 42.8 cm³/mol. The average Bonchev–Trinajstić information content (AvgIpc) is 2.10. The molecule has 0 aliphatic carbocycles. The second kappa shape index (κ2) is 4.20. The molecule has 6 heteroatoms. The molecule has 1 rings (SSSR count). The van der Waals surface area contributed by atoms with Gasteiger partial charge in [-0.15, -0.1) is 0 Å². The Balaban J connectivity index is 3.13. The number of rotatable bonds is 2. The third kappa shape index (κ3) is 2.30. The Hall–Kier alpha value is -1.41. The average molecular weight is 222 g/mol. The molecule has 14 heavy (non-hydrogen) atoms. The summed E-state index contributed by atoms with van der Waals surface area (Å²) < 4.78 is 40.3. The molecule has 0 spiro atoms. The summed E-state index contributed by atoms with van der Waals surface area (Å²) in [6.45, 7) is -3.16. The molecule has 2 nitrogen and oxygen atoms in total. The molecule has 0 bridgehead atoms. The molecule has 0 saturated carbocycles. The van der Waals surface area contributed by atoms with Crippen molar-refractivity contribution >= 4 is 11.6 Å². The number of alkyl halides is 2. The number of nitrogens with zero attached hydrogens (tertiary/aromatic N) is 1. The Kier molecular flexibility index (Phi) is 3.20. The number of hydrogen-bond donors (Lipinski definition) is 0. The second-order valence-electron chi connectivity index (χ2n) is 2.26. The van der Waals surface area contributed by atoms with Crippen LogP contribution in [0.2, 0.25) is 5.02 Å². The van der Waals surface area contributed by atoms with Gasteiger partial charge >= 0.3 is 6.61 Å². The highest BCUT2D eigenvalue weighted by atomic mass is 35.5. The zero-order valence-electron chi connectivity index (χ0n) is 6.60. The first-order valence-corrected chi connectivity index (χ1v) is 3.76. The molecule has 0 unspecified atom stereocenters. The van der Waals surface area contributed by atoms with Crippen LogP contribution in [0.3, 0.4) is 0 Å². The molecule has 74 valence electrons. The van der Waals surface area contributed by atoms with E-state index in [0.717, 1.165) is 12.1 Å². The maximum Gasteiger partial charge on any atom is 0.387 e. The highest BCUT2D eigenvalue weighted by molar-refractivity contribution is 6.32. The largest absolute Gasteiger partial charge is 0.430 e. The first-order chi connectivity index (χ1) is 6.54. The van der Waals surface area contributed by atoms with Gasteiger partial charge in [-0.2, -0.15) is 14.0 Å². The van der Waals surface area contributed by atoms with Gasteiger partial charge in [0.2, 0.25) is 0 Å². The second-order valence-corrected chi connectivity index (χ2v) is 2.67. The molecular weight excluding hydrogens is 219 g/mol. The van der Waals surface area contributed by atoms with Crippen LogP contribution in [-0.2, 0) is 0 Å². The van der Waals surface area contributed by atoms with Crippen molar-refractivity contribution in [2.45, 2.75) is 6.61 Å². The summed E-state index contributed by atoms with van der Waals surface area (Å²) in [7, 11) is 0. The van der Waals surface area contributed by atoms with Gasteiger partial charge in [0.25, 0.3) is 0 Å². The number of ether oxygens (including phenoxy) is 1. The quantitative estimate of drug-likeness (QED) is 0.769. The van der Waals surface area contributed by atoms with Crippen molar-refractivity contribution in [3.8, 4) is 11.8 Å². The van der Waals surface area contributed by atoms with Crippen LogP contribution in [0.25, 0.3) is 0 Å². The predicted octanol–water partition coefficient (Wildman–Crippen LogP) is 2.95. The minimum absolute atomic E-state index is 0.0610. The van der Waals surface area contributed by atoms with Crippen molar-refractivity contribution in [1.82, 2.24) is 0 Å². The summed E-state index contributed by atoms with van der Waals surface area (Å²) in [5.74, 6) is -1.84. The first-order valence-electron chi connectivity index (χ1n) is 3.38. The molecule has 1 aromatic carbocycles. The van der Waals surface area contributed by atoms with Crippen LogP contribution in [-0.4, -0.2) is 6.61 Å². The Morgan fingerprint density at radius 2 is 2.07 bits per heavy atom. The molecule has 0 N–H and O–H groups in total. The lowest BCUT2D eigenvalue weighted by atomic mass is 10.2. The van der Waals surface area contributed by atoms with Crippen LogP contribution >= 0.6 is 11.6 Å². The summed E-state index contributed by atoms with van der Waals surface area (Å²) in [6, 6.07) is 3.43. The van der Waals surface area contributed by atoms with E-state index in [0.29, 0.717) is 0 Å². The van der Waals surface area contributed by atoms with Gasteiger partial charge in [0.15, 0.2) is 11.6 Å². The Bertz CT molecular complexity index is 366. The zero-order chi connectivity index (χ0) is 10.7. The van der Waals surface area contributed by atoms with Crippen LogP contribution in [0, 0.1) is 17.1 Å². The van der Waals surface area contributed by atoms with E-state index in [9.17, 15) is 13.2 Å². The standard InChI is InChI=1S/C8H3ClF3NO/c9-5-1-4(3-13)2-6(10)7(5)14-8(11)12/h1-2,8H.